The normalized spacial score (nSPS) is 9.96. The summed E-state index contributed by atoms with van der Waals surface area (Å²) in [6.07, 6.45) is 0.984. The minimum Gasteiger partial charge on any atom is -0.331 e. The van der Waals surface area contributed by atoms with Crippen molar-refractivity contribution in [2.75, 3.05) is 10.6 Å². The van der Waals surface area contributed by atoms with Gasteiger partial charge in [0.05, 0.1) is 0 Å². The largest absolute Gasteiger partial charge is 0.331 e. The van der Waals surface area contributed by atoms with E-state index >= 15 is 0 Å². The molecular weight excluding hydrogens is 336 g/mol. The fourth-order valence-electron chi connectivity index (χ4n) is 2.18. The number of hydrogen-bond donors (Lipinski definition) is 4. The van der Waals surface area contributed by atoms with Crippen molar-refractivity contribution < 1.29 is 0 Å². The first kappa shape index (κ1) is 18.2. The third kappa shape index (κ3) is 5.18. The molecule has 126 valence electrons. The Hall–Kier alpha value is -2.18. The Morgan fingerprint density at radius 3 is 2.29 bits per heavy atom. The minimum atomic E-state index is 0.452. The van der Waals surface area contributed by atoms with Crippen LogP contribution in [-0.2, 0) is 6.42 Å². The van der Waals surface area contributed by atoms with E-state index in [2.05, 4.69) is 60.5 Å². The van der Waals surface area contributed by atoms with E-state index in [0.717, 1.165) is 17.8 Å². The number of aryl methyl sites for hydroxylation is 2. The molecule has 0 fully saturated rings. The molecule has 24 heavy (non-hydrogen) atoms. The van der Waals surface area contributed by atoms with Crippen molar-refractivity contribution in [3.8, 4) is 0 Å². The highest BCUT2D eigenvalue weighted by atomic mass is 32.1. The third-order valence-electron chi connectivity index (χ3n) is 3.74. The number of anilines is 2. The first-order chi connectivity index (χ1) is 11.5. The molecule has 0 unspecified atom stereocenters. The van der Waals surface area contributed by atoms with Gasteiger partial charge in [-0.2, -0.15) is 0 Å². The predicted octanol–water partition coefficient (Wildman–Crippen LogP) is 4.05. The summed E-state index contributed by atoms with van der Waals surface area (Å²) in [6, 6.07) is 14.2. The zero-order valence-corrected chi connectivity index (χ0v) is 15.7. The SMILES string of the molecule is CCc1cccc(NC(=S)NNC(=S)Nc2cccc(C)c2C)c1. The Morgan fingerprint density at radius 2 is 1.58 bits per heavy atom. The first-order valence-corrected chi connectivity index (χ1v) is 8.60. The number of nitrogens with one attached hydrogen (secondary N) is 4. The molecule has 0 saturated carbocycles. The molecule has 4 N–H and O–H groups in total. The van der Waals surface area contributed by atoms with Gasteiger partial charge in [0.1, 0.15) is 0 Å². The summed E-state index contributed by atoms with van der Waals surface area (Å²) >= 11 is 10.6. The van der Waals surface area contributed by atoms with Crippen LogP contribution in [0.25, 0.3) is 0 Å². The van der Waals surface area contributed by atoms with Crippen LogP contribution in [0.15, 0.2) is 42.5 Å². The van der Waals surface area contributed by atoms with Gasteiger partial charge in [0.25, 0.3) is 0 Å². The van der Waals surface area contributed by atoms with E-state index < -0.39 is 0 Å². The van der Waals surface area contributed by atoms with Gasteiger partial charge in [-0.3, -0.25) is 10.9 Å². The Bertz CT molecular complexity index is 744. The van der Waals surface area contributed by atoms with E-state index in [1.54, 1.807) is 0 Å². The average Bonchev–Trinajstić information content (AvgIpc) is 2.57. The van der Waals surface area contributed by atoms with Crippen LogP contribution >= 0.6 is 24.4 Å². The van der Waals surface area contributed by atoms with Gasteiger partial charge in [0.2, 0.25) is 0 Å². The van der Waals surface area contributed by atoms with Crippen molar-refractivity contribution in [1.29, 1.82) is 0 Å². The van der Waals surface area contributed by atoms with Crippen LogP contribution in [0.5, 0.6) is 0 Å². The first-order valence-electron chi connectivity index (χ1n) is 7.78. The summed E-state index contributed by atoms with van der Waals surface area (Å²) < 4.78 is 0. The van der Waals surface area contributed by atoms with Crippen LogP contribution in [0.4, 0.5) is 11.4 Å². The van der Waals surface area contributed by atoms with Crippen LogP contribution in [0.1, 0.15) is 23.6 Å². The van der Waals surface area contributed by atoms with Gasteiger partial charge in [-0.25, -0.2) is 0 Å². The number of hydrogen-bond acceptors (Lipinski definition) is 2. The van der Waals surface area contributed by atoms with Crippen LogP contribution in [-0.4, -0.2) is 10.2 Å². The van der Waals surface area contributed by atoms with E-state index in [1.165, 1.54) is 16.7 Å². The molecule has 0 radical (unpaired) electrons. The predicted molar refractivity (Wildman–Crippen MR) is 110 cm³/mol. The second-order valence-corrected chi connectivity index (χ2v) is 6.28. The van der Waals surface area contributed by atoms with E-state index in [1.807, 2.05) is 24.3 Å². The van der Waals surface area contributed by atoms with Crippen LogP contribution in [0.3, 0.4) is 0 Å². The molecule has 0 spiro atoms. The second-order valence-electron chi connectivity index (χ2n) is 5.46. The highest BCUT2D eigenvalue weighted by Crippen LogP contribution is 2.17. The van der Waals surface area contributed by atoms with Gasteiger partial charge in [-0.15, -0.1) is 0 Å². The molecule has 0 saturated heterocycles. The Labute approximate surface area is 154 Å². The highest BCUT2D eigenvalue weighted by molar-refractivity contribution is 7.81. The van der Waals surface area contributed by atoms with Crippen LogP contribution < -0.4 is 21.5 Å². The topological polar surface area (TPSA) is 48.1 Å². The summed E-state index contributed by atoms with van der Waals surface area (Å²) in [5, 5.41) is 7.19. The van der Waals surface area contributed by atoms with Crippen molar-refractivity contribution in [3.63, 3.8) is 0 Å². The number of thiocarbonyl (C=S) groups is 2. The molecule has 0 atom stereocenters. The zero-order valence-electron chi connectivity index (χ0n) is 14.1. The Kier molecular flexibility index (Phi) is 6.52. The summed E-state index contributed by atoms with van der Waals surface area (Å²) in [5.41, 5.74) is 11.3. The molecule has 4 nitrogen and oxygen atoms in total. The van der Waals surface area contributed by atoms with Crippen molar-refractivity contribution in [3.05, 3.63) is 59.2 Å². The van der Waals surface area contributed by atoms with Crippen molar-refractivity contribution in [2.24, 2.45) is 0 Å². The van der Waals surface area contributed by atoms with Crippen LogP contribution in [0, 0.1) is 13.8 Å². The Balaban J connectivity index is 1.84. The molecular formula is C18H22N4S2. The minimum absolute atomic E-state index is 0.452. The molecule has 0 aliphatic heterocycles. The number of rotatable bonds is 3. The zero-order chi connectivity index (χ0) is 17.5. The van der Waals surface area contributed by atoms with Gasteiger partial charge in [-0.05, 0) is 79.6 Å². The molecule has 0 bridgehead atoms. The number of benzene rings is 2. The lowest BCUT2D eigenvalue weighted by Crippen LogP contribution is -2.45. The van der Waals surface area contributed by atoms with E-state index in [-0.39, 0.29) is 0 Å². The lowest BCUT2D eigenvalue weighted by molar-refractivity contribution is 0.885. The number of hydrazine groups is 1. The molecule has 0 aliphatic carbocycles. The van der Waals surface area contributed by atoms with Crippen molar-refractivity contribution >= 4 is 46.0 Å². The maximum absolute atomic E-state index is 5.29. The molecule has 0 heterocycles. The summed E-state index contributed by atoms with van der Waals surface area (Å²) in [7, 11) is 0. The lowest BCUT2D eigenvalue weighted by atomic mass is 10.1. The quantitative estimate of drug-likeness (QED) is 0.490. The molecule has 0 aliphatic rings. The standard InChI is InChI=1S/C18H22N4S2/c1-4-14-8-6-9-15(11-14)19-17(23)21-22-18(24)20-16-10-5-7-12(2)13(16)3/h5-11H,4H2,1-3H3,(H2,19,21,23)(H2,20,22,24). The van der Waals surface area contributed by atoms with E-state index in [0.29, 0.717) is 10.2 Å². The maximum atomic E-state index is 5.29. The second kappa shape index (κ2) is 8.61. The summed E-state index contributed by atoms with van der Waals surface area (Å²) in [6.45, 7) is 6.24. The van der Waals surface area contributed by atoms with Gasteiger partial charge in [-0.1, -0.05) is 31.2 Å². The Morgan fingerprint density at radius 1 is 0.917 bits per heavy atom. The fourth-order valence-corrected chi connectivity index (χ4v) is 2.51. The molecule has 0 amide bonds. The molecule has 0 aromatic heterocycles. The fraction of sp³-hybridized carbons (Fsp3) is 0.222. The van der Waals surface area contributed by atoms with Crippen LogP contribution in [0.2, 0.25) is 0 Å². The maximum Gasteiger partial charge on any atom is 0.189 e. The monoisotopic (exact) mass is 358 g/mol. The highest BCUT2D eigenvalue weighted by Gasteiger charge is 2.04. The van der Waals surface area contributed by atoms with Gasteiger partial charge in [0, 0.05) is 11.4 Å². The summed E-state index contributed by atoms with van der Waals surface area (Å²) in [4.78, 5) is 0. The van der Waals surface area contributed by atoms with Crippen molar-refractivity contribution in [2.45, 2.75) is 27.2 Å². The summed E-state index contributed by atoms with van der Waals surface area (Å²) in [5.74, 6) is 0. The van der Waals surface area contributed by atoms with E-state index in [9.17, 15) is 0 Å². The van der Waals surface area contributed by atoms with Gasteiger partial charge < -0.3 is 10.6 Å². The molecule has 6 heteroatoms. The van der Waals surface area contributed by atoms with Crippen molar-refractivity contribution in [1.82, 2.24) is 10.9 Å². The molecule has 2 aromatic rings. The van der Waals surface area contributed by atoms with E-state index in [4.69, 9.17) is 24.4 Å². The third-order valence-corrected chi connectivity index (χ3v) is 4.14. The smallest absolute Gasteiger partial charge is 0.189 e. The molecule has 2 aromatic carbocycles. The van der Waals surface area contributed by atoms with Gasteiger partial charge >= 0.3 is 0 Å². The molecule has 2 rings (SSSR count). The average molecular weight is 359 g/mol. The lowest BCUT2D eigenvalue weighted by Gasteiger charge is -2.16. The van der Waals surface area contributed by atoms with Gasteiger partial charge in [0.15, 0.2) is 10.2 Å².